The summed E-state index contributed by atoms with van der Waals surface area (Å²) in [5.41, 5.74) is 3.57. The summed E-state index contributed by atoms with van der Waals surface area (Å²) in [7, 11) is -3.41. The first-order valence-electron chi connectivity index (χ1n) is 9.86. The van der Waals surface area contributed by atoms with Gasteiger partial charge in [0.1, 0.15) is 0 Å². The van der Waals surface area contributed by atoms with Crippen LogP contribution >= 0.6 is 15.9 Å². The first-order chi connectivity index (χ1) is 14.0. The lowest BCUT2D eigenvalue weighted by molar-refractivity contribution is 0.319. The van der Waals surface area contributed by atoms with E-state index in [-0.39, 0.29) is 11.8 Å². The summed E-state index contributed by atoms with van der Waals surface area (Å²) in [4.78, 5) is 2.24. The van der Waals surface area contributed by atoms with Crippen LogP contribution in [0.15, 0.2) is 48.5 Å². The Balaban J connectivity index is 2.06. The molecule has 1 aliphatic heterocycles. The number of nitriles is 1. The number of sulfonamides is 1. The summed E-state index contributed by atoms with van der Waals surface area (Å²) in [6.45, 7) is 3.57. The molecule has 0 bridgehead atoms. The van der Waals surface area contributed by atoms with E-state index in [2.05, 4.69) is 26.9 Å². The topological polar surface area (TPSA) is 64.4 Å². The number of alkyl halides is 1. The van der Waals surface area contributed by atoms with Crippen LogP contribution in [0.3, 0.4) is 0 Å². The van der Waals surface area contributed by atoms with Gasteiger partial charge in [-0.2, -0.15) is 9.57 Å². The van der Waals surface area contributed by atoms with Crippen molar-refractivity contribution < 1.29 is 8.42 Å². The summed E-state index contributed by atoms with van der Waals surface area (Å²) in [6.07, 6.45) is 1.23. The van der Waals surface area contributed by atoms with Gasteiger partial charge in [0.2, 0.25) is 10.0 Å². The van der Waals surface area contributed by atoms with Crippen LogP contribution in [0.5, 0.6) is 0 Å². The number of rotatable bonds is 7. The molecule has 5 nitrogen and oxygen atoms in total. The van der Waals surface area contributed by atoms with Crippen molar-refractivity contribution in [3.63, 3.8) is 0 Å². The molecule has 1 aliphatic rings. The van der Waals surface area contributed by atoms with E-state index in [4.69, 9.17) is 0 Å². The molecule has 0 saturated heterocycles. The zero-order chi connectivity index (χ0) is 20.9. The molecule has 2 aromatic carbocycles. The number of halogens is 1. The largest absolute Gasteiger partial charge is 0.369 e. The summed E-state index contributed by atoms with van der Waals surface area (Å²) < 4.78 is 28.1. The van der Waals surface area contributed by atoms with Gasteiger partial charge < -0.3 is 4.90 Å². The first kappa shape index (κ1) is 21.8. The maximum atomic E-state index is 13.2. The van der Waals surface area contributed by atoms with Crippen molar-refractivity contribution in [3.8, 4) is 6.07 Å². The number of hydrogen-bond acceptors (Lipinski definition) is 4. The van der Waals surface area contributed by atoms with E-state index in [1.54, 1.807) is 4.31 Å². The fraction of sp³-hybridized carbons (Fsp3) is 0.409. The van der Waals surface area contributed by atoms with E-state index >= 15 is 0 Å². The standard InChI is InChI=1S/C22H26BrN3O2S/c1-2-12-29(27,28)26-16-20-13-19(15-24)8-9-22(20)25(11-10-23)17-21(26)14-18-6-4-3-5-7-18/h3-9,13,21H,2,10-12,14,16-17H2,1H3/t21-/m1/s1. The van der Waals surface area contributed by atoms with E-state index in [0.29, 0.717) is 31.5 Å². The third-order valence-corrected chi connectivity index (χ3v) is 7.62. The van der Waals surface area contributed by atoms with Crippen LogP contribution < -0.4 is 4.90 Å². The molecule has 0 N–H and O–H groups in total. The van der Waals surface area contributed by atoms with E-state index in [0.717, 1.165) is 28.7 Å². The lowest BCUT2D eigenvalue weighted by atomic mass is 10.1. The highest BCUT2D eigenvalue weighted by atomic mass is 79.9. The molecule has 1 heterocycles. The fourth-order valence-electron chi connectivity index (χ4n) is 3.90. The Morgan fingerprint density at radius 2 is 1.97 bits per heavy atom. The number of fused-ring (bicyclic) bond motifs is 1. The highest BCUT2D eigenvalue weighted by Crippen LogP contribution is 2.31. The van der Waals surface area contributed by atoms with Gasteiger partial charge >= 0.3 is 0 Å². The molecule has 1 atom stereocenters. The molecule has 0 saturated carbocycles. The lowest BCUT2D eigenvalue weighted by Crippen LogP contribution is -2.46. The zero-order valence-corrected chi connectivity index (χ0v) is 19.0. The van der Waals surface area contributed by atoms with Crippen LogP contribution in [0.25, 0.3) is 0 Å². The van der Waals surface area contributed by atoms with E-state index in [1.807, 2.05) is 55.5 Å². The highest BCUT2D eigenvalue weighted by Gasteiger charge is 2.34. The molecule has 0 spiro atoms. The molecule has 154 valence electrons. The van der Waals surface area contributed by atoms with Crippen molar-refractivity contribution >= 4 is 31.6 Å². The average molecular weight is 476 g/mol. The summed E-state index contributed by atoms with van der Waals surface area (Å²) in [6, 6.07) is 17.6. The second-order valence-electron chi connectivity index (χ2n) is 7.30. The van der Waals surface area contributed by atoms with Crippen LogP contribution in [-0.4, -0.2) is 42.9 Å². The van der Waals surface area contributed by atoms with Gasteiger partial charge in [-0.25, -0.2) is 8.42 Å². The third-order valence-electron chi connectivity index (χ3n) is 5.20. The highest BCUT2D eigenvalue weighted by molar-refractivity contribution is 9.09. The van der Waals surface area contributed by atoms with Crippen molar-refractivity contribution in [3.05, 3.63) is 65.2 Å². The zero-order valence-electron chi connectivity index (χ0n) is 16.6. The molecular weight excluding hydrogens is 450 g/mol. The minimum Gasteiger partial charge on any atom is -0.369 e. The molecule has 0 amide bonds. The van der Waals surface area contributed by atoms with Gasteiger partial charge in [-0.05, 0) is 42.2 Å². The molecule has 29 heavy (non-hydrogen) atoms. The summed E-state index contributed by atoms with van der Waals surface area (Å²) >= 11 is 3.53. The maximum Gasteiger partial charge on any atom is 0.214 e. The molecule has 0 fully saturated rings. The van der Waals surface area contributed by atoms with Gasteiger partial charge in [0.25, 0.3) is 0 Å². The molecule has 3 rings (SSSR count). The predicted octanol–water partition coefficient (Wildman–Crippen LogP) is 3.93. The first-order valence-corrected chi connectivity index (χ1v) is 12.6. The van der Waals surface area contributed by atoms with Gasteiger partial charge in [-0.15, -0.1) is 0 Å². The molecule has 2 aromatic rings. The Labute approximate surface area is 182 Å². The predicted molar refractivity (Wildman–Crippen MR) is 121 cm³/mol. The fourth-order valence-corrected chi connectivity index (χ4v) is 6.01. The summed E-state index contributed by atoms with van der Waals surface area (Å²) in [5.74, 6) is 0.129. The van der Waals surface area contributed by atoms with Crippen LogP contribution in [0.2, 0.25) is 0 Å². The number of benzene rings is 2. The van der Waals surface area contributed by atoms with E-state index in [9.17, 15) is 13.7 Å². The quantitative estimate of drug-likeness (QED) is 0.569. The molecule has 0 radical (unpaired) electrons. The van der Waals surface area contributed by atoms with Crippen LogP contribution in [0, 0.1) is 11.3 Å². The Kier molecular flexibility index (Phi) is 7.33. The normalized spacial score (nSPS) is 17.4. The van der Waals surface area contributed by atoms with Crippen molar-refractivity contribution in [2.24, 2.45) is 0 Å². The molecule has 0 aromatic heterocycles. The van der Waals surface area contributed by atoms with Crippen molar-refractivity contribution in [1.82, 2.24) is 4.31 Å². The average Bonchev–Trinajstić information content (AvgIpc) is 2.86. The van der Waals surface area contributed by atoms with E-state index < -0.39 is 10.0 Å². The lowest BCUT2D eigenvalue weighted by Gasteiger charge is -2.32. The van der Waals surface area contributed by atoms with Crippen LogP contribution in [-0.2, 0) is 23.0 Å². The number of anilines is 1. The minimum atomic E-state index is -3.41. The SMILES string of the molecule is CCCS(=O)(=O)N1Cc2cc(C#N)ccc2N(CCBr)C[C@H]1Cc1ccccc1. The minimum absolute atomic E-state index is 0.129. The Hall–Kier alpha value is -1.88. The molecular formula is C22H26BrN3O2S. The van der Waals surface area contributed by atoms with Crippen LogP contribution in [0.1, 0.15) is 30.0 Å². The monoisotopic (exact) mass is 475 g/mol. The van der Waals surface area contributed by atoms with Gasteiger partial charge in [-0.3, -0.25) is 0 Å². The van der Waals surface area contributed by atoms with Gasteiger partial charge in [0.15, 0.2) is 0 Å². The van der Waals surface area contributed by atoms with E-state index in [1.165, 1.54) is 0 Å². The Bertz CT molecular complexity index is 973. The Morgan fingerprint density at radius 1 is 1.21 bits per heavy atom. The molecule has 0 unspecified atom stereocenters. The smallest absolute Gasteiger partial charge is 0.214 e. The maximum absolute atomic E-state index is 13.2. The van der Waals surface area contributed by atoms with Crippen molar-refractivity contribution in [2.75, 3.05) is 29.1 Å². The number of nitrogens with zero attached hydrogens (tertiary/aromatic N) is 3. The number of hydrogen-bond donors (Lipinski definition) is 0. The molecule has 0 aliphatic carbocycles. The van der Waals surface area contributed by atoms with Crippen LogP contribution in [0.4, 0.5) is 5.69 Å². The van der Waals surface area contributed by atoms with Gasteiger partial charge in [-0.1, -0.05) is 53.2 Å². The summed E-state index contributed by atoms with van der Waals surface area (Å²) in [5, 5.41) is 10.1. The second kappa shape index (κ2) is 9.75. The van der Waals surface area contributed by atoms with Gasteiger partial charge in [0, 0.05) is 36.7 Å². The van der Waals surface area contributed by atoms with Crippen molar-refractivity contribution in [1.29, 1.82) is 5.26 Å². The van der Waals surface area contributed by atoms with Gasteiger partial charge in [0.05, 0.1) is 17.4 Å². The third kappa shape index (κ3) is 5.19. The molecule has 7 heteroatoms. The Morgan fingerprint density at radius 3 is 2.62 bits per heavy atom. The second-order valence-corrected chi connectivity index (χ2v) is 10.1. The van der Waals surface area contributed by atoms with Crippen molar-refractivity contribution in [2.45, 2.75) is 32.4 Å².